The van der Waals surface area contributed by atoms with Crippen LogP contribution in [0.2, 0.25) is 0 Å². The maximum absolute atomic E-state index is 9.55. The molecule has 3 aromatic rings. The monoisotopic (exact) mass is 464 g/mol. The molecule has 180 valence electrons. The summed E-state index contributed by atoms with van der Waals surface area (Å²) in [7, 11) is 0. The first-order chi connectivity index (χ1) is 16.4. The van der Waals surface area contributed by atoms with Crippen LogP contribution in [0.3, 0.4) is 0 Å². The molecule has 2 heterocycles. The number of likely N-dealkylation sites (tertiary alicyclic amines) is 1. The lowest BCUT2D eigenvalue weighted by Gasteiger charge is -2.31. The van der Waals surface area contributed by atoms with Crippen molar-refractivity contribution in [1.82, 2.24) is 10.1 Å². The van der Waals surface area contributed by atoms with Crippen molar-refractivity contribution < 1.29 is 24.3 Å². The van der Waals surface area contributed by atoms with Crippen LogP contribution in [-0.2, 0) is 22.4 Å². The minimum atomic E-state index is -1.26. The highest BCUT2D eigenvalue weighted by Crippen LogP contribution is 2.26. The number of aryl methyl sites for hydroxylation is 2. The summed E-state index contributed by atoms with van der Waals surface area (Å²) in [4.78, 5) is 21.7. The average molecular weight is 465 g/mol. The summed E-state index contributed by atoms with van der Waals surface area (Å²) in [5.41, 5.74) is 4.77. The van der Waals surface area contributed by atoms with E-state index in [-0.39, 0.29) is 0 Å². The summed E-state index contributed by atoms with van der Waals surface area (Å²) in [6.45, 7) is 5.78. The molecule has 1 aromatic heterocycles. The van der Waals surface area contributed by atoms with Crippen LogP contribution in [0.5, 0.6) is 0 Å². The van der Waals surface area contributed by atoms with Gasteiger partial charge in [-0.2, -0.15) is 0 Å². The molecule has 7 heteroatoms. The van der Waals surface area contributed by atoms with Gasteiger partial charge in [-0.1, -0.05) is 47.1 Å². The Morgan fingerprint density at radius 3 is 2.35 bits per heavy atom. The Morgan fingerprint density at radius 2 is 1.71 bits per heavy atom. The van der Waals surface area contributed by atoms with Crippen LogP contribution in [0.4, 0.5) is 0 Å². The van der Waals surface area contributed by atoms with Crippen LogP contribution >= 0.6 is 0 Å². The van der Waals surface area contributed by atoms with Crippen molar-refractivity contribution in [2.45, 2.75) is 39.0 Å². The molecule has 0 bridgehead atoms. The summed E-state index contributed by atoms with van der Waals surface area (Å²) in [6.07, 6.45) is 7.15. The van der Waals surface area contributed by atoms with E-state index in [9.17, 15) is 9.59 Å². The summed E-state index contributed by atoms with van der Waals surface area (Å²) < 4.78 is 5.48. The third-order valence-electron chi connectivity index (χ3n) is 6.12. The van der Waals surface area contributed by atoms with Gasteiger partial charge in [0.15, 0.2) is 5.58 Å². The zero-order valence-corrected chi connectivity index (χ0v) is 19.5. The van der Waals surface area contributed by atoms with Crippen molar-refractivity contribution in [3.63, 3.8) is 0 Å². The number of carboxylic acids is 2. The highest BCUT2D eigenvalue weighted by molar-refractivity contribution is 5.89. The van der Waals surface area contributed by atoms with Gasteiger partial charge in [0.25, 0.3) is 0 Å². The normalized spacial score (nSPS) is 14.7. The molecule has 2 aromatic carbocycles. The molecule has 0 amide bonds. The van der Waals surface area contributed by atoms with Gasteiger partial charge in [-0.15, -0.1) is 0 Å². The first-order valence-corrected chi connectivity index (χ1v) is 11.7. The molecule has 0 radical (unpaired) electrons. The Bertz CT molecular complexity index is 1080. The number of hydrogen-bond donors (Lipinski definition) is 2. The van der Waals surface area contributed by atoms with Crippen molar-refractivity contribution in [3.8, 4) is 0 Å². The third kappa shape index (κ3) is 8.15. The molecule has 1 saturated heterocycles. The van der Waals surface area contributed by atoms with Crippen LogP contribution in [0.1, 0.15) is 36.1 Å². The molecule has 7 nitrogen and oxygen atoms in total. The van der Waals surface area contributed by atoms with Crippen LogP contribution < -0.4 is 0 Å². The van der Waals surface area contributed by atoms with Gasteiger partial charge in [0, 0.05) is 24.1 Å². The van der Waals surface area contributed by atoms with Gasteiger partial charge in [0.05, 0.1) is 5.69 Å². The number of nitrogens with zero attached hydrogens (tertiary/aromatic N) is 2. The number of carboxylic acid groups (broad SMARTS) is 2. The SMILES string of the molecule is Cc1ccc2onc(CCC3CCN(CCc4ccccc4)CC3)c2c1.O=C(O)/C=C\C(=O)O. The van der Waals surface area contributed by atoms with E-state index in [1.807, 2.05) is 6.07 Å². The first-order valence-electron chi connectivity index (χ1n) is 11.7. The van der Waals surface area contributed by atoms with E-state index >= 15 is 0 Å². The fourth-order valence-electron chi connectivity index (χ4n) is 4.20. The predicted octanol–water partition coefficient (Wildman–Crippen LogP) is 4.74. The van der Waals surface area contributed by atoms with Crippen LogP contribution in [0.15, 0.2) is 65.2 Å². The molecule has 0 spiro atoms. The van der Waals surface area contributed by atoms with E-state index in [0.29, 0.717) is 12.2 Å². The van der Waals surface area contributed by atoms with Gasteiger partial charge in [-0.25, -0.2) is 9.59 Å². The molecule has 0 atom stereocenters. The number of rotatable bonds is 8. The molecule has 1 aliphatic heterocycles. The van der Waals surface area contributed by atoms with Gasteiger partial charge in [-0.05, 0) is 75.7 Å². The highest BCUT2D eigenvalue weighted by atomic mass is 16.5. The molecule has 1 fully saturated rings. The fraction of sp³-hybridized carbons (Fsp3) is 0.370. The number of aromatic nitrogens is 1. The van der Waals surface area contributed by atoms with E-state index < -0.39 is 11.9 Å². The van der Waals surface area contributed by atoms with E-state index in [1.54, 1.807) is 0 Å². The molecule has 0 saturated carbocycles. The average Bonchev–Trinajstić information content (AvgIpc) is 3.24. The number of carbonyl (C=O) groups is 2. The van der Waals surface area contributed by atoms with Crippen LogP contribution in [0.25, 0.3) is 11.0 Å². The Balaban J connectivity index is 0.000000350. The smallest absolute Gasteiger partial charge is 0.328 e. The molecule has 0 unspecified atom stereocenters. The number of aliphatic carboxylic acids is 2. The van der Waals surface area contributed by atoms with Crippen LogP contribution in [0, 0.1) is 12.8 Å². The molecule has 2 N–H and O–H groups in total. The maximum Gasteiger partial charge on any atom is 0.328 e. The number of benzene rings is 2. The summed E-state index contributed by atoms with van der Waals surface area (Å²) in [5, 5.41) is 21.1. The summed E-state index contributed by atoms with van der Waals surface area (Å²) in [6, 6.07) is 17.2. The first kappa shape index (κ1) is 25.2. The van der Waals surface area contributed by atoms with E-state index in [4.69, 9.17) is 14.7 Å². The van der Waals surface area contributed by atoms with Gasteiger partial charge in [0.1, 0.15) is 0 Å². The van der Waals surface area contributed by atoms with Crippen molar-refractivity contribution >= 4 is 22.9 Å². The second-order valence-electron chi connectivity index (χ2n) is 8.70. The highest BCUT2D eigenvalue weighted by Gasteiger charge is 2.20. The largest absolute Gasteiger partial charge is 0.478 e. The Labute approximate surface area is 199 Å². The topological polar surface area (TPSA) is 104 Å². The van der Waals surface area contributed by atoms with Crippen molar-refractivity contribution in [1.29, 1.82) is 0 Å². The third-order valence-corrected chi connectivity index (χ3v) is 6.12. The minimum absolute atomic E-state index is 0.558. The van der Waals surface area contributed by atoms with Gasteiger partial charge in [0.2, 0.25) is 0 Å². The lowest BCUT2D eigenvalue weighted by molar-refractivity contribution is -0.134. The van der Waals surface area contributed by atoms with Crippen molar-refractivity contribution in [2.24, 2.45) is 5.92 Å². The Hall–Kier alpha value is -3.45. The number of hydrogen-bond acceptors (Lipinski definition) is 5. The second kappa shape index (κ2) is 12.7. The van der Waals surface area contributed by atoms with Gasteiger partial charge in [-0.3, -0.25) is 0 Å². The lowest BCUT2D eigenvalue weighted by atomic mass is 9.91. The summed E-state index contributed by atoms with van der Waals surface area (Å²) >= 11 is 0. The predicted molar refractivity (Wildman–Crippen MR) is 131 cm³/mol. The molecular weight excluding hydrogens is 432 g/mol. The molecular formula is C27H32N2O5. The minimum Gasteiger partial charge on any atom is -0.478 e. The van der Waals surface area contributed by atoms with E-state index in [0.717, 1.165) is 30.0 Å². The molecule has 1 aliphatic rings. The van der Waals surface area contributed by atoms with Crippen molar-refractivity contribution in [3.05, 3.63) is 77.5 Å². The molecule has 4 rings (SSSR count). The Kier molecular flexibility index (Phi) is 9.40. The number of fused-ring (bicyclic) bond motifs is 1. The standard InChI is InChI=1S/C23H28N2O.C4H4O4/c1-18-7-10-23-21(17-18)22(24-26-23)9-8-20-12-15-25(16-13-20)14-11-19-5-3-2-4-6-19;5-3(6)1-2-4(7)8/h2-7,10,17,20H,8-9,11-16H2,1H3;1-2H,(H,5,6)(H,7,8)/b;2-1-. The fourth-order valence-corrected chi connectivity index (χ4v) is 4.20. The van der Waals surface area contributed by atoms with Crippen LogP contribution in [-0.4, -0.2) is 51.8 Å². The van der Waals surface area contributed by atoms with Gasteiger partial charge < -0.3 is 19.6 Å². The zero-order chi connectivity index (χ0) is 24.3. The molecule has 0 aliphatic carbocycles. The lowest BCUT2D eigenvalue weighted by Crippen LogP contribution is -2.35. The summed E-state index contributed by atoms with van der Waals surface area (Å²) in [5.74, 6) is -1.70. The maximum atomic E-state index is 9.55. The zero-order valence-electron chi connectivity index (χ0n) is 19.5. The van der Waals surface area contributed by atoms with Crippen molar-refractivity contribution in [2.75, 3.05) is 19.6 Å². The second-order valence-corrected chi connectivity index (χ2v) is 8.70. The van der Waals surface area contributed by atoms with E-state index in [2.05, 4.69) is 59.4 Å². The molecule has 34 heavy (non-hydrogen) atoms. The number of piperidine rings is 1. The van der Waals surface area contributed by atoms with Gasteiger partial charge >= 0.3 is 11.9 Å². The quantitative estimate of drug-likeness (QED) is 0.464. The Morgan fingerprint density at radius 1 is 1.03 bits per heavy atom. The van der Waals surface area contributed by atoms with E-state index in [1.165, 1.54) is 55.4 Å².